The first-order valence-electron chi connectivity index (χ1n) is 35.0. The number of rotatable bonds is 13. The fraction of sp³-hybridized carbons (Fsp3) is 0.730. The molecular formula is C74H102O20Si. The Morgan fingerprint density at radius 1 is 0.537 bits per heavy atom. The predicted octanol–water partition coefficient (Wildman–Crippen LogP) is 9.15. The minimum absolute atomic E-state index is 0.00487. The number of hydrogen-bond donors (Lipinski definition) is 5. The molecule has 4 aliphatic heterocycles. The number of carbonyl (C=O) groups is 4. The average molecular weight is 1340 g/mol. The Labute approximate surface area is 559 Å². The molecule has 6 saturated carbocycles. The summed E-state index contributed by atoms with van der Waals surface area (Å²) < 4.78 is 73.5. The van der Waals surface area contributed by atoms with Crippen molar-refractivity contribution in [2.45, 2.75) is 281 Å². The number of aliphatic hydroxyl groups is 5. The molecule has 21 heteroatoms. The van der Waals surface area contributed by atoms with Crippen molar-refractivity contribution in [3.05, 3.63) is 94.1 Å². The molecule has 5 N–H and O–H groups in total. The molecule has 4 bridgehead atoms. The summed E-state index contributed by atoms with van der Waals surface area (Å²) in [4.78, 5) is 55.6. The van der Waals surface area contributed by atoms with Gasteiger partial charge in [-0.05, 0) is 132 Å². The van der Waals surface area contributed by atoms with E-state index in [2.05, 4.69) is 27.7 Å². The van der Waals surface area contributed by atoms with Gasteiger partial charge in [-0.1, -0.05) is 98.7 Å². The van der Waals surface area contributed by atoms with Crippen LogP contribution in [0.4, 0.5) is 0 Å². The zero-order valence-corrected chi connectivity index (χ0v) is 59.1. The molecule has 14 rings (SSSR count). The summed E-state index contributed by atoms with van der Waals surface area (Å²) in [5, 5.41) is 62.2. The van der Waals surface area contributed by atoms with Gasteiger partial charge in [0.2, 0.25) is 0 Å². The van der Waals surface area contributed by atoms with Crippen LogP contribution < -0.4 is 0 Å². The molecule has 20 atom stereocenters. The number of hydrogen-bond acceptors (Lipinski definition) is 20. The van der Waals surface area contributed by atoms with E-state index in [1.165, 1.54) is 0 Å². The van der Waals surface area contributed by atoms with Crippen LogP contribution in [0.5, 0.6) is 0 Å². The molecule has 95 heavy (non-hydrogen) atoms. The van der Waals surface area contributed by atoms with Gasteiger partial charge in [-0.25, -0.2) is 9.59 Å². The molecule has 0 amide bonds. The predicted molar refractivity (Wildman–Crippen MR) is 346 cm³/mol. The van der Waals surface area contributed by atoms with Gasteiger partial charge < -0.3 is 77.3 Å². The van der Waals surface area contributed by atoms with E-state index in [0.29, 0.717) is 28.7 Å². The van der Waals surface area contributed by atoms with Crippen LogP contribution in [0, 0.1) is 45.3 Å². The monoisotopic (exact) mass is 1340 g/mol. The van der Waals surface area contributed by atoms with E-state index in [1.807, 2.05) is 68.4 Å². The summed E-state index contributed by atoms with van der Waals surface area (Å²) in [7, 11) is -2.32. The second-order valence-corrected chi connectivity index (χ2v) is 37.2. The Balaban J connectivity index is 0.000000174. The number of ether oxygens (including phenoxy) is 10. The Hall–Kier alpha value is -4.46. The van der Waals surface area contributed by atoms with Gasteiger partial charge in [-0.2, -0.15) is 0 Å². The van der Waals surface area contributed by atoms with Crippen molar-refractivity contribution in [3.8, 4) is 0 Å². The summed E-state index contributed by atoms with van der Waals surface area (Å²) in [5.74, 6) is -6.37. The lowest BCUT2D eigenvalue weighted by molar-refractivity contribution is -0.363. The zero-order chi connectivity index (χ0) is 68.6. The topological polar surface area (TPSA) is 271 Å². The molecule has 522 valence electrons. The molecular weight excluding hydrogens is 1240 g/mol. The van der Waals surface area contributed by atoms with E-state index in [0.717, 1.165) is 49.4 Å². The van der Waals surface area contributed by atoms with E-state index in [1.54, 1.807) is 68.4 Å². The van der Waals surface area contributed by atoms with Crippen LogP contribution in [0.25, 0.3) is 0 Å². The highest BCUT2D eigenvalue weighted by Crippen LogP contribution is 2.70. The molecule has 2 aromatic rings. The van der Waals surface area contributed by atoms with E-state index in [-0.39, 0.29) is 61.8 Å². The Bertz CT molecular complexity index is 3400. The van der Waals surface area contributed by atoms with Gasteiger partial charge >= 0.3 is 23.9 Å². The Morgan fingerprint density at radius 2 is 0.916 bits per heavy atom. The van der Waals surface area contributed by atoms with Gasteiger partial charge in [0.1, 0.15) is 47.8 Å². The van der Waals surface area contributed by atoms with Crippen LogP contribution in [0.2, 0.25) is 18.1 Å². The maximum absolute atomic E-state index is 14.4. The lowest BCUT2D eigenvalue weighted by Crippen LogP contribution is -2.82. The van der Waals surface area contributed by atoms with Crippen molar-refractivity contribution in [1.29, 1.82) is 0 Å². The number of esters is 4. The average Bonchev–Trinajstić information content (AvgIpc) is 1.57. The summed E-state index contributed by atoms with van der Waals surface area (Å²) in [6.45, 7) is 29.3. The number of aliphatic hydroxyl groups excluding tert-OH is 3. The fourth-order valence-electron chi connectivity index (χ4n) is 19.6. The Morgan fingerprint density at radius 3 is 1.28 bits per heavy atom. The third kappa shape index (κ3) is 10.3. The highest BCUT2D eigenvalue weighted by molar-refractivity contribution is 6.73. The van der Waals surface area contributed by atoms with Gasteiger partial charge in [0.25, 0.3) is 0 Å². The van der Waals surface area contributed by atoms with Crippen molar-refractivity contribution in [1.82, 2.24) is 0 Å². The minimum Gasteiger partial charge on any atom is -0.455 e. The van der Waals surface area contributed by atoms with Crippen LogP contribution >= 0.6 is 0 Å². The van der Waals surface area contributed by atoms with Gasteiger partial charge in [0, 0.05) is 47.3 Å². The lowest BCUT2D eigenvalue weighted by atomic mass is 9.44. The van der Waals surface area contributed by atoms with Gasteiger partial charge in [0.15, 0.2) is 31.1 Å². The standard InChI is InChI=1S/C40H58O10Si.C34H44O10/c1-10-51(11-2,12-3)50-27-20-28-39(22-45-28,49-35(43)25-18-19-25)31-33(46-34(42)24-16-14-13-15-17-24)40(44)21-26(41)23(4)29(36(40,5)6)30-32(38(27,31)9)48-37(7,8)47-30;1-17-20(35)15-34(39)27(41-28(37)18-10-8-7-9-11-18)25-32(6,26-24(23(17)30(34,2)3)42-31(4,5)43-26)21(36)14-22-33(25,16-40-22)44-29(38)19-12-13-19/h13-17,25-28,30-33,41,44H,10-12,18-22H2,1-9H3;7-11,19-22,24-27,35-36,39H,12-16H2,1-6H3/t26?,27?,28?,30?,31?,32?,33?,38-,39?,40?;20-,21-,22+,24+,25-,26+,27-,32+,33-,34+/m10/s1. The molecule has 10 fully saturated rings. The second-order valence-electron chi connectivity index (χ2n) is 32.5. The molecule has 0 radical (unpaired) electrons. The van der Waals surface area contributed by atoms with Crippen LogP contribution in [0.15, 0.2) is 83.0 Å². The highest BCUT2D eigenvalue weighted by atomic mass is 28.4. The summed E-state index contributed by atoms with van der Waals surface area (Å²) >= 11 is 0. The first-order chi connectivity index (χ1) is 44.5. The quantitative estimate of drug-likeness (QED) is 0.0541. The smallest absolute Gasteiger partial charge is 0.338 e. The van der Waals surface area contributed by atoms with Crippen molar-refractivity contribution in [3.63, 3.8) is 0 Å². The largest absolute Gasteiger partial charge is 0.455 e. The summed E-state index contributed by atoms with van der Waals surface area (Å²) in [6.07, 6.45) is -7.20. The van der Waals surface area contributed by atoms with Crippen molar-refractivity contribution in [2.24, 2.45) is 45.3 Å². The van der Waals surface area contributed by atoms with E-state index >= 15 is 0 Å². The molecule has 4 saturated heterocycles. The molecule has 4 heterocycles. The summed E-state index contributed by atoms with van der Waals surface area (Å²) in [6, 6.07) is 19.9. The van der Waals surface area contributed by atoms with E-state index < -0.39 is 161 Å². The van der Waals surface area contributed by atoms with Gasteiger partial charge in [-0.3, -0.25) is 9.59 Å². The molecule has 2 aromatic carbocycles. The van der Waals surface area contributed by atoms with E-state index in [9.17, 15) is 44.7 Å². The zero-order valence-electron chi connectivity index (χ0n) is 58.1. The number of carbonyl (C=O) groups excluding carboxylic acids is 4. The molecule has 8 aliphatic carbocycles. The van der Waals surface area contributed by atoms with Crippen LogP contribution in [-0.2, 0) is 61.4 Å². The third-order valence-electron chi connectivity index (χ3n) is 25.9. The molecule has 0 spiro atoms. The maximum atomic E-state index is 14.4. The SMILES string of the molecule is CC1=C2[C@H]3OC(C)(C)O[C@H]3[C@@]3(C)[C@H]([C@H](OC(=O)c4ccccc4)[C@](O)(C[C@@H]1O)C2(C)C)[C@]1(OC(=O)C2CC2)CO[C@@H]1C[C@@H]3O.CC[Si](CC)(CC)OC1CC2OCC2(OC(=O)C2CC2)C2C(OC(=O)c3ccccc3)C3(O)CC(O)C(C)=C(C4OC(C)(C)OC4[C@]12C)C3(C)C. The first-order valence-corrected chi connectivity index (χ1v) is 37.5. The Kier molecular flexibility index (Phi) is 16.9. The van der Waals surface area contributed by atoms with Crippen LogP contribution in [-0.4, -0.2) is 178 Å². The van der Waals surface area contributed by atoms with Gasteiger partial charge in [0.05, 0.1) is 84.6 Å². The number of fused-ring (bicyclic) bond motifs is 16. The maximum Gasteiger partial charge on any atom is 0.338 e. The molecule has 12 aliphatic rings. The summed E-state index contributed by atoms with van der Waals surface area (Å²) in [5.41, 5.74) is -7.47. The molecule has 0 aromatic heterocycles. The highest BCUT2D eigenvalue weighted by Gasteiger charge is 2.82. The van der Waals surface area contributed by atoms with Crippen LogP contribution in [0.3, 0.4) is 0 Å². The van der Waals surface area contributed by atoms with Crippen LogP contribution in [0.1, 0.15) is 176 Å². The molecule has 20 nitrogen and oxygen atoms in total. The van der Waals surface area contributed by atoms with Crippen molar-refractivity contribution >= 4 is 32.2 Å². The third-order valence-corrected chi connectivity index (χ3v) is 30.6. The normalized spacial score (nSPS) is 42.8. The fourth-order valence-corrected chi connectivity index (χ4v) is 22.6. The first kappa shape index (κ1) is 69.0. The molecule has 9 unspecified atom stereocenters. The van der Waals surface area contributed by atoms with Crippen molar-refractivity contribution < 1.29 is 96.5 Å². The van der Waals surface area contributed by atoms with E-state index in [4.69, 9.17) is 51.8 Å². The second kappa shape index (κ2) is 23.3. The number of benzene rings is 2. The van der Waals surface area contributed by atoms with Crippen molar-refractivity contribution in [2.75, 3.05) is 13.2 Å². The minimum atomic E-state index is -2.32. The lowest BCUT2D eigenvalue weighted by Gasteiger charge is -2.69. The van der Waals surface area contributed by atoms with Gasteiger partial charge in [-0.15, -0.1) is 0 Å².